The van der Waals surface area contributed by atoms with Crippen molar-refractivity contribution in [1.82, 2.24) is 5.32 Å². The number of hydrogen-bond donors (Lipinski definition) is 1. The second kappa shape index (κ2) is 7.73. The van der Waals surface area contributed by atoms with Crippen LogP contribution >= 0.6 is 0 Å². The number of hydrogen-bond acceptors (Lipinski definition) is 2. The van der Waals surface area contributed by atoms with Gasteiger partial charge in [-0.2, -0.15) is 0 Å². The van der Waals surface area contributed by atoms with Gasteiger partial charge in [0.15, 0.2) is 0 Å². The van der Waals surface area contributed by atoms with E-state index in [-0.39, 0.29) is 30.2 Å². The van der Waals surface area contributed by atoms with Crippen molar-refractivity contribution in [1.29, 1.82) is 0 Å². The quantitative estimate of drug-likeness (QED) is 0.892. The molecule has 1 saturated heterocycles. The number of amides is 2. The molecule has 0 radical (unpaired) electrons. The van der Waals surface area contributed by atoms with Gasteiger partial charge in [-0.15, -0.1) is 0 Å². The fourth-order valence-corrected chi connectivity index (χ4v) is 3.67. The topological polar surface area (TPSA) is 49.4 Å². The van der Waals surface area contributed by atoms with Gasteiger partial charge in [0.05, 0.1) is 12.0 Å². The third kappa shape index (κ3) is 3.64. The van der Waals surface area contributed by atoms with E-state index in [9.17, 15) is 9.59 Å². The molecule has 26 heavy (non-hydrogen) atoms. The third-order valence-corrected chi connectivity index (χ3v) is 5.17. The van der Waals surface area contributed by atoms with Crippen molar-refractivity contribution in [3.8, 4) is 0 Å². The van der Waals surface area contributed by atoms with E-state index in [0.29, 0.717) is 6.54 Å². The maximum atomic E-state index is 12.7. The van der Waals surface area contributed by atoms with E-state index in [1.807, 2.05) is 62.4 Å². The van der Waals surface area contributed by atoms with Crippen molar-refractivity contribution >= 4 is 17.5 Å². The maximum Gasteiger partial charge on any atom is 0.227 e. The first-order chi connectivity index (χ1) is 12.5. The Bertz CT molecular complexity index is 815. The second-order valence-corrected chi connectivity index (χ2v) is 6.97. The lowest BCUT2D eigenvalue weighted by atomic mass is 10.0. The van der Waals surface area contributed by atoms with E-state index in [1.165, 1.54) is 0 Å². The molecule has 0 aromatic heterocycles. The highest BCUT2D eigenvalue weighted by molar-refractivity contribution is 6.00. The molecule has 2 atom stereocenters. The van der Waals surface area contributed by atoms with E-state index in [2.05, 4.69) is 12.2 Å². The summed E-state index contributed by atoms with van der Waals surface area (Å²) in [6.45, 7) is 6.55. The summed E-state index contributed by atoms with van der Waals surface area (Å²) in [5.41, 5.74) is 4.33. The SMILES string of the molecule is CCc1ccccc1N1CC(C(=O)NC(C)c2ccccc2C)CC1=O. The zero-order chi connectivity index (χ0) is 18.7. The number of para-hydroxylation sites is 1. The van der Waals surface area contributed by atoms with Crippen LogP contribution in [0, 0.1) is 12.8 Å². The molecule has 4 nitrogen and oxygen atoms in total. The molecule has 4 heteroatoms. The summed E-state index contributed by atoms with van der Waals surface area (Å²) in [5.74, 6) is -0.334. The Morgan fingerprint density at radius 1 is 1.19 bits per heavy atom. The van der Waals surface area contributed by atoms with Gasteiger partial charge in [0.1, 0.15) is 0 Å². The Morgan fingerprint density at radius 2 is 1.88 bits per heavy atom. The molecule has 3 rings (SSSR count). The molecule has 1 heterocycles. The van der Waals surface area contributed by atoms with Crippen LogP contribution in [0.15, 0.2) is 48.5 Å². The first kappa shape index (κ1) is 18.2. The zero-order valence-corrected chi connectivity index (χ0v) is 15.7. The lowest BCUT2D eigenvalue weighted by molar-refractivity contribution is -0.126. The van der Waals surface area contributed by atoms with Crippen LogP contribution in [0.25, 0.3) is 0 Å². The average Bonchev–Trinajstić information content (AvgIpc) is 3.03. The fraction of sp³-hybridized carbons (Fsp3) is 0.364. The molecule has 2 unspecified atom stereocenters. The summed E-state index contributed by atoms with van der Waals surface area (Å²) < 4.78 is 0. The van der Waals surface area contributed by atoms with Crippen LogP contribution in [0.5, 0.6) is 0 Å². The minimum atomic E-state index is -0.307. The molecule has 1 aliphatic heterocycles. The molecule has 0 aliphatic carbocycles. The molecule has 0 bridgehead atoms. The Hall–Kier alpha value is -2.62. The molecule has 1 aliphatic rings. The van der Waals surface area contributed by atoms with Crippen LogP contribution in [0.2, 0.25) is 0 Å². The molecular weight excluding hydrogens is 324 g/mol. The maximum absolute atomic E-state index is 12.7. The highest BCUT2D eigenvalue weighted by atomic mass is 16.2. The summed E-state index contributed by atoms with van der Waals surface area (Å²) in [4.78, 5) is 27.0. The predicted octanol–water partition coefficient (Wildman–Crippen LogP) is 3.79. The molecule has 2 aromatic rings. The number of rotatable bonds is 5. The van der Waals surface area contributed by atoms with Crippen molar-refractivity contribution in [2.45, 2.75) is 39.7 Å². The van der Waals surface area contributed by atoms with Gasteiger partial charge < -0.3 is 10.2 Å². The van der Waals surface area contributed by atoms with Crippen molar-refractivity contribution < 1.29 is 9.59 Å². The lowest BCUT2D eigenvalue weighted by Crippen LogP contribution is -2.35. The summed E-state index contributed by atoms with van der Waals surface area (Å²) in [5, 5.41) is 3.08. The normalized spacial score (nSPS) is 18.0. The van der Waals surface area contributed by atoms with Gasteiger partial charge >= 0.3 is 0 Å². The van der Waals surface area contributed by atoms with Crippen molar-refractivity contribution in [2.24, 2.45) is 5.92 Å². The molecule has 0 saturated carbocycles. The van der Waals surface area contributed by atoms with Gasteiger partial charge in [-0.3, -0.25) is 9.59 Å². The molecule has 2 aromatic carbocycles. The van der Waals surface area contributed by atoms with Crippen LogP contribution in [0.4, 0.5) is 5.69 Å². The summed E-state index contributed by atoms with van der Waals surface area (Å²) in [6.07, 6.45) is 1.13. The first-order valence-electron chi connectivity index (χ1n) is 9.25. The monoisotopic (exact) mass is 350 g/mol. The van der Waals surface area contributed by atoms with Gasteiger partial charge in [-0.05, 0) is 43.0 Å². The van der Waals surface area contributed by atoms with Crippen LogP contribution in [-0.4, -0.2) is 18.4 Å². The smallest absolute Gasteiger partial charge is 0.227 e. The van der Waals surface area contributed by atoms with E-state index in [0.717, 1.165) is 28.8 Å². The molecule has 1 N–H and O–H groups in total. The van der Waals surface area contributed by atoms with E-state index >= 15 is 0 Å². The number of aryl methyl sites for hydroxylation is 2. The second-order valence-electron chi connectivity index (χ2n) is 6.97. The Kier molecular flexibility index (Phi) is 5.40. The Morgan fingerprint density at radius 3 is 2.62 bits per heavy atom. The van der Waals surface area contributed by atoms with E-state index in [1.54, 1.807) is 4.90 Å². The highest BCUT2D eigenvalue weighted by Gasteiger charge is 2.36. The van der Waals surface area contributed by atoms with Gasteiger partial charge in [0, 0.05) is 18.7 Å². The van der Waals surface area contributed by atoms with E-state index in [4.69, 9.17) is 0 Å². The third-order valence-electron chi connectivity index (χ3n) is 5.17. The number of carbonyl (C=O) groups is 2. The van der Waals surface area contributed by atoms with Gasteiger partial charge in [-0.25, -0.2) is 0 Å². The lowest BCUT2D eigenvalue weighted by Gasteiger charge is -2.21. The molecule has 2 amide bonds. The Balaban J connectivity index is 1.70. The number of nitrogens with zero attached hydrogens (tertiary/aromatic N) is 1. The summed E-state index contributed by atoms with van der Waals surface area (Å²) in [6, 6.07) is 15.9. The molecule has 136 valence electrons. The van der Waals surface area contributed by atoms with Crippen LogP contribution < -0.4 is 10.2 Å². The highest BCUT2D eigenvalue weighted by Crippen LogP contribution is 2.29. The first-order valence-corrected chi connectivity index (χ1v) is 9.25. The summed E-state index contributed by atoms with van der Waals surface area (Å²) >= 11 is 0. The Labute approximate surface area is 155 Å². The number of benzene rings is 2. The molecule has 0 spiro atoms. The predicted molar refractivity (Wildman–Crippen MR) is 104 cm³/mol. The minimum Gasteiger partial charge on any atom is -0.349 e. The zero-order valence-electron chi connectivity index (χ0n) is 15.7. The molecule has 1 fully saturated rings. The number of carbonyl (C=O) groups excluding carboxylic acids is 2. The average molecular weight is 350 g/mol. The summed E-state index contributed by atoms with van der Waals surface area (Å²) in [7, 11) is 0. The van der Waals surface area contributed by atoms with Crippen molar-refractivity contribution in [2.75, 3.05) is 11.4 Å². The largest absolute Gasteiger partial charge is 0.349 e. The standard InChI is InChI=1S/C22H26N2O2/c1-4-17-10-6-8-12-20(17)24-14-18(13-21(24)25)22(26)23-16(3)19-11-7-5-9-15(19)2/h5-12,16,18H,4,13-14H2,1-3H3,(H,23,26). The van der Waals surface area contributed by atoms with Gasteiger partial charge in [0.25, 0.3) is 0 Å². The van der Waals surface area contributed by atoms with Crippen LogP contribution in [-0.2, 0) is 16.0 Å². The van der Waals surface area contributed by atoms with E-state index < -0.39 is 0 Å². The molecular formula is C22H26N2O2. The van der Waals surface area contributed by atoms with Crippen LogP contribution in [0.3, 0.4) is 0 Å². The van der Waals surface area contributed by atoms with Crippen molar-refractivity contribution in [3.63, 3.8) is 0 Å². The minimum absolute atomic E-state index is 0.0228. The van der Waals surface area contributed by atoms with Crippen LogP contribution in [0.1, 0.15) is 43.0 Å². The fourth-order valence-electron chi connectivity index (χ4n) is 3.67. The van der Waals surface area contributed by atoms with Gasteiger partial charge in [0.2, 0.25) is 11.8 Å². The van der Waals surface area contributed by atoms with Crippen molar-refractivity contribution in [3.05, 3.63) is 65.2 Å². The van der Waals surface area contributed by atoms with Gasteiger partial charge in [-0.1, -0.05) is 49.4 Å². The number of nitrogens with one attached hydrogen (secondary N) is 1. The number of anilines is 1.